The van der Waals surface area contributed by atoms with E-state index in [0.717, 1.165) is 28.1 Å². The minimum atomic E-state index is 0.223. The molecule has 3 rings (SSSR count). The van der Waals surface area contributed by atoms with Gasteiger partial charge in [-0.05, 0) is 30.5 Å². The predicted octanol–water partition coefficient (Wildman–Crippen LogP) is 1.79. The van der Waals surface area contributed by atoms with E-state index in [4.69, 9.17) is 15.2 Å². The Morgan fingerprint density at radius 3 is 2.70 bits per heavy atom. The smallest absolute Gasteiger partial charge is 0.162 e. The fraction of sp³-hybridized carbons (Fsp3) is 0.400. The molecular weight excluding hydrogens is 254 g/mol. The van der Waals surface area contributed by atoms with Gasteiger partial charge in [-0.25, -0.2) is 4.98 Å². The Morgan fingerprint density at radius 1 is 1.30 bits per heavy atom. The molecule has 2 aromatic rings. The van der Waals surface area contributed by atoms with Crippen molar-refractivity contribution >= 4 is 16.6 Å². The van der Waals surface area contributed by atoms with Gasteiger partial charge in [-0.1, -0.05) is 0 Å². The molecule has 106 valence electrons. The molecule has 0 amide bonds. The third-order valence-corrected chi connectivity index (χ3v) is 3.74. The highest BCUT2D eigenvalue weighted by Gasteiger charge is 2.17. The van der Waals surface area contributed by atoms with Crippen LogP contribution in [0.25, 0.3) is 10.8 Å². The summed E-state index contributed by atoms with van der Waals surface area (Å²) < 4.78 is 11.3. The Kier molecular flexibility index (Phi) is 3.36. The molecule has 2 heterocycles. The topological polar surface area (TPSA) is 60.6 Å². The SMILES string of the molecule is CC(CN)N(C)c1nccc2cc3c(cc12)OCCO3. The Balaban J connectivity index is 2.13. The first-order chi connectivity index (χ1) is 9.70. The van der Waals surface area contributed by atoms with E-state index in [1.54, 1.807) is 0 Å². The van der Waals surface area contributed by atoms with Crippen molar-refractivity contribution in [2.45, 2.75) is 13.0 Å². The molecule has 0 bridgehead atoms. The molecule has 0 aliphatic carbocycles. The second-order valence-electron chi connectivity index (χ2n) is 5.05. The van der Waals surface area contributed by atoms with E-state index in [-0.39, 0.29) is 6.04 Å². The molecule has 1 aliphatic heterocycles. The maximum atomic E-state index is 5.75. The number of benzene rings is 1. The Hall–Kier alpha value is -2.01. The lowest BCUT2D eigenvalue weighted by Gasteiger charge is -2.26. The third kappa shape index (κ3) is 2.14. The average molecular weight is 273 g/mol. The number of likely N-dealkylation sites (N-methyl/N-ethyl adjacent to an activating group) is 1. The van der Waals surface area contributed by atoms with Crippen LogP contribution in [0.2, 0.25) is 0 Å². The lowest BCUT2D eigenvalue weighted by atomic mass is 10.1. The zero-order valence-electron chi connectivity index (χ0n) is 11.8. The van der Waals surface area contributed by atoms with Crippen molar-refractivity contribution in [1.29, 1.82) is 0 Å². The minimum absolute atomic E-state index is 0.223. The molecule has 5 heteroatoms. The van der Waals surface area contributed by atoms with E-state index in [9.17, 15) is 0 Å². The summed E-state index contributed by atoms with van der Waals surface area (Å²) in [5.41, 5.74) is 5.75. The van der Waals surface area contributed by atoms with Gasteiger partial charge in [-0.2, -0.15) is 0 Å². The highest BCUT2D eigenvalue weighted by molar-refractivity contribution is 5.94. The highest BCUT2D eigenvalue weighted by atomic mass is 16.6. The summed E-state index contributed by atoms with van der Waals surface area (Å²) >= 11 is 0. The van der Waals surface area contributed by atoms with Gasteiger partial charge in [0.25, 0.3) is 0 Å². The summed E-state index contributed by atoms with van der Waals surface area (Å²) in [6.07, 6.45) is 1.81. The number of fused-ring (bicyclic) bond motifs is 2. The van der Waals surface area contributed by atoms with E-state index >= 15 is 0 Å². The Bertz CT molecular complexity index is 630. The first kappa shape index (κ1) is 13.0. The Labute approximate surface area is 118 Å². The van der Waals surface area contributed by atoms with Gasteiger partial charge in [0.2, 0.25) is 0 Å². The molecule has 1 aliphatic rings. The number of hydrogen-bond acceptors (Lipinski definition) is 5. The van der Waals surface area contributed by atoms with Gasteiger partial charge in [-0.3, -0.25) is 0 Å². The maximum Gasteiger partial charge on any atom is 0.162 e. The summed E-state index contributed by atoms with van der Waals surface area (Å²) in [7, 11) is 2.01. The summed E-state index contributed by atoms with van der Waals surface area (Å²) in [4.78, 5) is 6.59. The van der Waals surface area contributed by atoms with Gasteiger partial charge in [-0.15, -0.1) is 0 Å². The van der Waals surface area contributed by atoms with Crippen molar-refractivity contribution in [1.82, 2.24) is 4.98 Å². The van der Waals surface area contributed by atoms with Crippen LogP contribution >= 0.6 is 0 Å². The number of nitrogens with zero attached hydrogens (tertiary/aromatic N) is 2. The van der Waals surface area contributed by atoms with Crippen molar-refractivity contribution in [2.75, 3.05) is 31.7 Å². The maximum absolute atomic E-state index is 5.75. The second kappa shape index (κ2) is 5.17. The van der Waals surface area contributed by atoms with Crippen LogP contribution in [0.1, 0.15) is 6.92 Å². The predicted molar refractivity (Wildman–Crippen MR) is 79.7 cm³/mol. The number of hydrogen-bond donors (Lipinski definition) is 1. The van der Waals surface area contributed by atoms with Crippen LogP contribution in [0.4, 0.5) is 5.82 Å². The quantitative estimate of drug-likeness (QED) is 0.924. The van der Waals surface area contributed by atoms with Gasteiger partial charge in [0, 0.05) is 31.2 Å². The number of anilines is 1. The zero-order valence-corrected chi connectivity index (χ0v) is 11.8. The van der Waals surface area contributed by atoms with E-state index in [1.807, 2.05) is 31.4 Å². The van der Waals surface area contributed by atoms with E-state index in [2.05, 4.69) is 16.8 Å². The molecule has 5 nitrogen and oxygen atoms in total. The average Bonchev–Trinajstić information content (AvgIpc) is 2.50. The number of ether oxygens (including phenoxy) is 2. The monoisotopic (exact) mass is 273 g/mol. The first-order valence-corrected chi connectivity index (χ1v) is 6.82. The number of pyridine rings is 1. The van der Waals surface area contributed by atoms with Gasteiger partial charge >= 0.3 is 0 Å². The molecule has 1 atom stereocenters. The summed E-state index contributed by atoms with van der Waals surface area (Å²) in [6.45, 7) is 3.85. The van der Waals surface area contributed by atoms with Gasteiger partial charge in [0.1, 0.15) is 19.0 Å². The van der Waals surface area contributed by atoms with E-state index in [1.165, 1.54) is 0 Å². The molecular formula is C15H19N3O2. The standard InChI is InChI=1S/C15H19N3O2/c1-10(9-16)18(2)15-12-8-14-13(19-5-6-20-14)7-11(12)3-4-17-15/h3-4,7-8,10H,5-6,9,16H2,1-2H3. The third-order valence-electron chi connectivity index (χ3n) is 3.74. The van der Waals surface area contributed by atoms with Gasteiger partial charge in [0.05, 0.1) is 0 Å². The molecule has 20 heavy (non-hydrogen) atoms. The Morgan fingerprint density at radius 2 is 2.00 bits per heavy atom. The van der Waals surface area contributed by atoms with Crippen LogP contribution in [0.15, 0.2) is 24.4 Å². The normalized spacial score (nSPS) is 15.2. The summed E-state index contributed by atoms with van der Waals surface area (Å²) in [6, 6.07) is 6.22. The van der Waals surface area contributed by atoms with Crippen LogP contribution in [0.3, 0.4) is 0 Å². The van der Waals surface area contributed by atoms with Crippen LogP contribution in [0.5, 0.6) is 11.5 Å². The molecule has 0 saturated heterocycles. The fourth-order valence-corrected chi connectivity index (χ4v) is 2.34. The zero-order chi connectivity index (χ0) is 14.1. The fourth-order valence-electron chi connectivity index (χ4n) is 2.34. The molecule has 1 aromatic heterocycles. The lowest BCUT2D eigenvalue weighted by molar-refractivity contribution is 0.172. The molecule has 1 unspecified atom stereocenters. The van der Waals surface area contributed by atoms with Crippen molar-refractivity contribution in [3.8, 4) is 11.5 Å². The molecule has 1 aromatic carbocycles. The van der Waals surface area contributed by atoms with Crippen LogP contribution < -0.4 is 20.1 Å². The van der Waals surface area contributed by atoms with E-state index < -0.39 is 0 Å². The molecule has 0 radical (unpaired) electrons. The highest BCUT2D eigenvalue weighted by Crippen LogP contribution is 2.37. The van der Waals surface area contributed by atoms with Crippen LogP contribution in [-0.4, -0.2) is 37.8 Å². The first-order valence-electron chi connectivity index (χ1n) is 6.82. The molecule has 0 fully saturated rings. The number of rotatable bonds is 3. The lowest BCUT2D eigenvalue weighted by Crippen LogP contribution is -2.35. The molecule has 0 saturated carbocycles. The van der Waals surface area contributed by atoms with E-state index in [0.29, 0.717) is 19.8 Å². The molecule has 0 spiro atoms. The van der Waals surface area contributed by atoms with Gasteiger partial charge < -0.3 is 20.1 Å². The summed E-state index contributed by atoms with van der Waals surface area (Å²) in [5.74, 6) is 2.50. The number of aromatic nitrogens is 1. The van der Waals surface area contributed by atoms with Crippen LogP contribution in [-0.2, 0) is 0 Å². The van der Waals surface area contributed by atoms with Crippen LogP contribution in [0, 0.1) is 0 Å². The van der Waals surface area contributed by atoms with Crippen molar-refractivity contribution < 1.29 is 9.47 Å². The van der Waals surface area contributed by atoms with Crippen molar-refractivity contribution in [3.05, 3.63) is 24.4 Å². The largest absolute Gasteiger partial charge is 0.486 e. The summed E-state index contributed by atoms with van der Waals surface area (Å²) in [5, 5.41) is 2.15. The second-order valence-corrected chi connectivity index (χ2v) is 5.05. The number of nitrogens with two attached hydrogens (primary N) is 1. The van der Waals surface area contributed by atoms with Crippen molar-refractivity contribution in [3.63, 3.8) is 0 Å². The molecule has 2 N–H and O–H groups in total. The van der Waals surface area contributed by atoms with Gasteiger partial charge in [0.15, 0.2) is 11.5 Å². The van der Waals surface area contributed by atoms with Crippen molar-refractivity contribution in [2.24, 2.45) is 5.73 Å². The minimum Gasteiger partial charge on any atom is -0.486 e.